The molecule has 6 heteroatoms. The molecule has 2 heterocycles. The van der Waals surface area contributed by atoms with E-state index in [4.69, 9.17) is 16.0 Å². The highest BCUT2D eigenvalue weighted by Gasteiger charge is 2.05. The smallest absolute Gasteiger partial charge is 0.250 e. The number of carbonyl (C=O) groups is 1. The number of hydrogen-bond donors (Lipinski definition) is 1. The summed E-state index contributed by atoms with van der Waals surface area (Å²) >= 11 is 6.15. The number of aromatic nitrogens is 1. The second-order valence-electron chi connectivity index (χ2n) is 5.75. The van der Waals surface area contributed by atoms with E-state index in [1.807, 2.05) is 31.2 Å². The summed E-state index contributed by atoms with van der Waals surface area (Å²) < 4.78 is 6.87. The van der Waals surface area contributed by atoms with Gasteiger partial charge in [-0.1, -0.05) is 29.8 Å². The van der Waals surface area contributed by atoms with E-state index in [1.165, 1.54) is 16.7 Å². The molecule has 0 atom stereocenters. The molecule has 3 aromatic rings. The van der Waals surface area contributed by atoms with Gasteiger partial charge in [0, 0.05) is 23.4 Å². The molecule has 1 amide bonds. The predicted molar refractivity (Wildman–Crippen MR) is 102 cm³/mol. The average molecular weight is 369 g/mol. The molecule has 132 valence electrons. The first kappa shape index (κ1) is 17.8. The van der Waals surface area contributed by atoms with Crippen molar-refractivity contribution in [2.45, 2.75) is 13.5 Å². The maximum Gasteiger partial charge on any atom is 0.250 e. The van der Waals surface area contributed by atoms with Crippen LogP contribution < -0.4 is 10.9 Å². The first-order valence-electron chi connectivity index (χ1n) is 8.01. The van der Waals surface area contributed by atoms with Gasteiger partial charge < -0.3 is 14.3 Å². The van der Waals surface area contributed by atoms with E-state index in [1.54, 1.807) is 30.5 Å². The summed E-state index contributed by atoms with van der Waals surface area (Å²) in [5.41, 5.74) is 1.17. The summed E-state index contributed by atoms with van der Waals surface area (Å²) in [7, 11) is 0. The van der Waals surface area contributed by atoms with Crippen LogP contribution >= 0.6 is 11.6 Å². The van der Waals surface area contributed by atoms with Crippen LogP contribution in [-0.2, 0) is 11.3 Å². The lowest BCUT2D eigenvalue weighted by Gasteiger charge is -2.10. The van der Waals surface area contributed by atoms with E-state index in [0.29, 0.717) is 23.0 Å². The van der Waals surface area contributed by atoms with Crippen molar-refractivity contribution in [1.82, 2.24) is 4.57 Å². The lowest BCUT2D eigenvalue weighted by molar-refractivity contribution is -0.111. The van der Waals surface area contributed by atoms with Gasteiger partial charge in [0.05, 0.1) is 12.2 Å². The predicted octanol–water partition coefficient (Wildman–Crippen LogP) is 4.10. The standard InChI is InChI=1S/C20H17ClN2O3/c1-14-6-8-17(26-14)9-10-19(24)22-16-7-11-20(25)23(13-16)12-15-4-2-3-5-18(15)21/h2-11,13H,12H2,1H3,(H,22,24). The first-order valence-corrected chi connectivity index (χ1v) is 8.38. The van der Waals surface area contributed by atoms with E-state index in [2.05, 4.69) is 5.32 Å². The number of halogens is 1. The van der Waals surface area contributed by atoms with E-state index in [-0.39, 0.29) is 11.5 Å². The molecule has 1 N–H and O–H groups in total. The molecule has 0 saturated carbocycles. The highest BCUT2D eigenvalue weighted by Crippen LogP contribution is 2.16. The molecule has 5 nitrogen and oxygen atoms in total. The third-order valence-corrected chi connectivity index (χ3v) is 4.08. The molecular weight excluding hydrogens is 352 g/mol. The average Bonchev–Trinajstić information content (AvgIpc) is 3.03. The summed E-state index contributed by atoms with van der Waals surface area (Å²) in [6, 6.07) is 13.9. The fourth-order valence-corrected chi connectivity index (χ4v) is 2.62. The molecular formula is C20H17ClN2O3. The Morgan fingerprint density at radius 1 is 1.19 bits per heavy atom. The second kappa shape index (κ2) is 7.89. The number of amides is 1. The highest BCUT2D eigenvalue weighted by molar-refractivity contribution is 6.31. The summed E-state index contributed by atoms with van der Waals surface area (Å²) in [5, 5.41) is 3.32. The van der Waals surface area contributed by atoms with Gasteiger partial charge in [-0.05, 0) is 42.8 Å². The maximum absolute atomic E-state index is 12.1. The van der Waals surface area contributed by atoms with Crippen LogP contribution in [0.5, 0.6) is 0 Å². The number of rotatable bonds is 5. The normalized spacial score (nSPS) is 11.0. The van der Waals surface area contributed by atoms with Gasteiger partial charge >= 0.3 is 0 Å². The monoisotopic (exact) mass is 368 g/mol. The minimum absolute atomic E-state index is 0.176. The number of hydrogen-bond acceptors (Lipinski definition) is 3. The first-order chi connectivity index (χ1) is 12.5. The van der Waals surface area contributed by atoms with Gasteiger partial charge in [-0.3, -0.25) is 9.59 Å². The molecule has 0 spiro atoms. The van der Waals surface area contributed by atoms with Crippen LogP contribution in [0.15, 0.2) is 70.0 Å². The van der Waals surface area contributed by atoms with Crippen LogP contribution in [0.4, 0.5) is 5.69 Å². The number of carbonyl (C=O) groups excluding carboxylic acids is 1. The van der Waals surface area contributed by atoms with Crippen LogP contribution in [0, 0.1) is 6.92 Å². The Bertz CT molecular complexity index is 1020. The van der Waals surface area contributed by atoms with Crippen molar-refractivity contribution in [2.24, 2.45) is 0 Å². The Morgan fingerprint density at radius 3 is 2.73 bits per heavy atom. The fraction of sp³-hybridized carbons (Fsp3) is 0.100. The van der Waals surface area contributed by atoms with Crippen molar-refractivity contribution in [1.29, 1.82) is 0 Å². The zero-order valence-corrected chi connectivity index (χ0v) is 14.9. The van der Waals surface area contributed by atoms with Crippen LogP contribution in [0.1, 0.15) is 17.1 Å². The molecule has 0 saturated heterocycles. The van der Waals surface area contributed by atoms with E-state index in [9.17, 15) is 9.59 Å². The maximum atomic E-state index is 12.1. The van der Waals surface area contributed by atoms with E-state index in [0.717, 1.165) is 11.3 Å². The Kier molecular flexibility index (Phi) is 5.39. The molecule has 0 aliphatic heterocycles. The minimum atomic E-state index is -0.318. The zero-order chi connectivity index (χ0) is 18.5. The number of furan rings is 1. The lowest BCUT2D eigenvalue weighted by Crippen LogP contribution is -2.20. The molecule has 0 bridgehead atoms. The number of aryl methyl sites for hydroxylation is 1. The molecule has 1 aromatic carbocycles. The second-order valence-corrected chi connectivity index (χ2v) is 6.15. The van der Waals surface area contributed by atoms with Crippen LogP contribution in [0.3, 0.4) is 0 Å². The molecule has 0 aliphatic carbocycles. The van der Waals surface area contributed by atoms with E-state index < -0.39 is 0 Å². The van der Waals surface area contributed by atoms with Crippen LogP contribution in [-0.4, -0.2) is 10.5 Å². The van der Waals surface area contributed by atoms with Crippen LogP contribution in [0.25, 0.3) is 6.08 Å². The van der Waals surface area contributed by atoms with Crippen molar-refractivity contribution in [3.05, 3.63) is 93.3 Å². The largest absolute Gasteiger partial charge is 0.462 e. The van der Waals surface area contributed by atoms with Gasteiger partial charge in [-0.15, -0.1) is 0 Å². The molecule has 2 aromatic heterocycles. The SMILES string of the molecule is Cc1ccc(C=CC(=O)Nc2ccc(=O)n(Cc3ccccc3Cl)c2)o1. The fourth-order valence-electron chi connectivity index (χ4n) is 2.42. The lowest BCUT2D eigenvalue weighted by atomic mass is 10.2. The topological polar surface area (TPSA) is 64.2 Å². The summed E-state index contributed by atoms with van der Waals surface area (Å²) in [6.45, 7) is 2.16. The number of anilines is 1. The Morgan fingerprint density at radius 2 is 2.00 bits per heavy atom. The summed E-state index contributed by atoms with van der Waals surface area (Å²) in [6.07, 6.45) is 4.55. The number of nitrogens with one attached hydrogen (secondary N) is 1. The molecule has 0 fully saturated rings. The molecule has 3 rings (SSSR count). The number of benzene rings is 1. The quantitative estimate of drug-likeness (QED) is 0.689. The van der Waals surface area contributed by atoms with Crippen LogP contribution in [0.2, 0.25) is 5.02 Å². The molecule has 0 unspecified atom stereocenters. The zero-order valence-electron chi connectivity index (χ0n) is 14.1. The van der Waals surface area contributed by atoms with Gasteiger partial charge in [0.25, 0.3) is 5.56 Å². The molecule has 0 aliphatic rings. The van der Waals surface area contributed by atoms with Crippen molar-refractivity contribution in [3.63, 3.8) is 0 Å². The minimum Gasteiger partial charge on any atom is -0.462 e. The Balaban J connectivity index is 1.73. The summed E-state index contributed by atoms with van der Waals surface area (Å²) in [5.74, 6) is 1.06. The van der Waals surface area contributed by atoms with Gasteiger partial charge in [-0.2, -0.15) is 0 Å². The van der Waals surface area contributed by atoms with Gasteiger partial charge in [0.1, 0.15) is 11.5 Å². The van der Waals surface area contributed by atoms with Gasteiger partial charge in [0.2, 0.25) is 5.91 Å². The highest BCUT2D eigenvalue weighted by atomic mass is 35.5. The molecule has 0 radical (unpaired) electrons. The van der Waals surface area contributed by atoms with Crippen molar-refractivity contribution >= 4 is 29.3 Å². The third kappa shape index (κ3) is 4.52. The third-order valence-electron chi connectivity index (χ3n) is 3.71. The van der Waals surface area contributed by atoms with Gasteiger partial charge in [0.15, 0.2) is 0 Å². The van der Waals surface area contributed by atoms with Gasteiger partial charge in [-0.25, -0.2) is 0 Å². The molecule has 26 heavy (non-hydrogen) atoms. The number of pyridine rings is 1. The Hall–Kier alpha value is -3.05. The Labute approximate surface area is 155 Å². The number of nitrogens with zero attached hydrogens (tertiary/aromatic N) is 1. The van der Waals surface area contributed by atoms with Crippen molar-refractivity contribution < 1.29 is 9.21 Å². The van der Waals surface area contributed by atoms with Crippen molar-refractivity contribution in [3.8, 4) is 0 Å². The van der Waals surface area contributed by atoms with E-state index >= 15 is 0 Å². The van der Waals surface area contributed by atoms with Crippen molar-refractivity contribution in [2.75, 3.05) is 5.32 Å². The summed E-state index contributed by atoms with van der Waals surface area (Å²) in [4.78, 5) is 24.1.